The molecule has 0 aromatic heterocycles. The smallest absolute Gasteiger partial charge is 0.243 e. The number of carbonyl (C=O) groups excluding carboxylic acids is 1. The first-order valence-electron chi connectivity index (χ1n) is 8.75. The van der Waals surface area contributed by atoms with Gasteiger partial charge in [-0.1, -0.05) is 30.7 Å². The van der Waals surface area contributed by atoms with E-state index in [9.17, 15) is 13.2 Å². The molecule has 1 heterocycles. The summed E-state index contributed by atoms with van der Waals surface area (Å²) in [6.45, 7) is 1.22. The Morgan fingerprint density at radius 1 is 0.926 bits per heavy atom. The van der Waals surface area contributed by atoms with E-state index < -0.39 is 10.0 Å². The third-order valence-electron chi connectivity index (χ3n) is 4.30. The van der Waals surface area contributed by atoms with Gasteiger partial charge < -0.3 is 10.6 Å². The van der Waals surface area contributed by atoms with Crippen molar-refractivity contribution in [3.63, 3.8) is 0 Å². The molecule has 2 aromatic rings. The first-order chi connectivity index (χ1) is 12.6. The number of rotatable bonds is 6. The molecule has 8 heteroatoms. The van der Waals surface area contributed by atoms with E-state index in [0.717, 1.165) is 24.9 Å². The van der Waals surface area contributed by atoms with Crippen molar-refractivity contribution in [2.45, 2.75) is 24.2 Å². The summed E-state index contributed by atoms with van der Waals surface area (Å²) in [5, 5.41) is 5.77. The van der Waals surface area contributed by atoms with Crippen LogP contribution < -0.4 is 10.6 Å². The molecule has 1 aliphatic rings. The van der Waals surface area contributed by atoms with Crippen molar-refractivity contribution in [1.29, 1.82) is 0 Å². The normalized spacial score (nSPS) is 14.8. The first kappa shape index (κ1) is 21.2. The van der Waals surface area contributed by atoms with E-state index in [0.29, 0.717) is 18.8 Å². The lowest BCUT2D eigenvalue weighted by molar-refractivity contribution is -0.114. The molecule has 146 valence electrons. The predicted octanol–water partition coefficient (Wildman–Crippen LogP) is 3.33. The number of amides is 1. The van der Waals surface area contributed by atoms with Gasteiger partial charge in [0.1, 0.15) is 0 Å². The van der Waals surface area contributed by atoms with Crippen LogP contribution in [-0.4, -0.2) is 38.3 Å². The van der Waals surface area contributed by atoms with E-state index in [1.165, 1.54) is 10.4 Å². The van der Waals surface area contributed by atoms with Gasteiger partial charge in [-0.2, -0.15) is 4.31 Å². The topological polar surface area (TPSA) is 78.5 Å². The van der Waals surface area contributed by atoms with Gasteiger partial charge in [0.15, 0.2) is 0 Å². The standard InChI is InChI=1S/C19H23N3O3S.ClH/c23-19(15-20-16-8-3-1-4-9-16)21-17-10-7-11-18(14-17)26(24,25)22-12-5-2-6-13-22;/h1,3-4,7-11,14,20H,2,5-6,12-13,15H2,(H,21,23);1H. The van der Waals surface area contributed by atoms with Crippen LogP contribution in [0, 0.1) is 0 Å². The molecule has 0 saturated carbocycles. The highest BCUT2D eigenvalue weighted by molar-refractivity contribution is 7.89. The minimum absolute atomic E-state index is 0. The number of halogens is 1. The van der Waals surface area contributed by atoms with Crippen LogP contribution in [0.4, 0.5) is 11.4 Å². The fourth-order valence-corrected chi connectivity index (χ4v) is 4.50. The molecule has 0 atom stereocenters. The number of benzene rings is 2. The summed E-state index contributed by atoms with van der Waals surface area (Å²) in [7, 11) is -3.51. The predicted molar refractivity (Wildman–Crippen MR) is 110 cm³/mol. The molecule has 1 saturated heterocycles. The van der Waals surface area contributed by atoms with Crippen LogP contribution in [0.5, 0.6) is 0 Å². The van der Waals surface area contributed by atoms with E-state index >= 15 is 0 Å². The van der Waals surface area contributed by atoms with E-state index in [4.69, 9.17) is 0 Å². The minimum atomic E-state index is -3.51. The van der Waals surface area contributed by atoms with Gasteiger partial charge in [-0.25, -0.2) is 8.42 Å². The van der Waals surface area contributed by atoms with Crippen molar-refractivity contribution < 1.29 is 13.2 Å². The van der Waals surface area contributed by atoms with Gasteiger partial charge in [0.25, 0.3) is 0 Å². The summed E-state index contributed by atoms with van der Waals surface area (Å²) in [5.41, 5.74) is 1.33. The fraction of sp³-hybridized carbons (Fsp3) is 0.316. The molecule has 3 rings (SSSR count). The second kappa shape index (κ2) is 9.73. The molecule has 0 unspecified atom stereocenters. The van der Waals surface area contributed by atoms with Gasteiger partial charge in [-0.05, 0) is 43.2 Å². The highest BCUT2D eigenvalue weighted by Gasteiger charge is 2.26. The van der Waals surface area contributed by atoms with Gasteiger partial charge in [0.05, 0.1) is 11.4 Å². The van der Waals surface area contributed by atoms with E-state index in [2.05, 4.69) is 10.6 Å². The number of nitrogens with one attached hydrogen (secondary N) is 2. The molecule has 2 aromatic carbocycles. The SMILES string of the molecule is Cl.O=C(CNc1ccccc1)Nc1cccc(S(=O)(=O)N2CCCCC2)c1. The maximum absolute atomic E-state index is 12.7. The molecule has 0 aliphatic carbocycles. The minimum Gasteiger partial charge on any atom is -0.376 e. The molecular weight excluding hydrogens is 386 g/mol. The van der Waals surface area contributed by atoms with Crippen molar-refractivity contribution in [3.05, 3.63) is 54.6 Å². The van der Waals surface area contributed by atoms with Crippen molar-refractivity contribution in [1.82, 2.24) is 4.31 Å². The lowest BCUT2D eigenvalue weighted by Crippen LogP contribution is -2.35. The van der Waals surface area contributed by atoms with Gasteiger partial charge in [-0.15, -0.1) is 12.4 Å². The molecule has 2 N–H and O–H groups in total. The Kier molecular flexibility index (Phi) is 7.65. The highest BCUT2D eigenvalue weighted by atomic mass is 35.5. The van der Waals surface area contributed by atoms with Gasteiger partial charge >= 0.3 is 0 Å². The van der Waals surface area contributed by atoms with Gasteiger partial charge in [-0.3, -0.25) is 4.79 Å². The zero-order chi connectivity index (χ0) is 18.4. The van der Waals surface area contributed by atoms with Crippen LogP contribution in [0.2, 0.25) is 0 Å². The zero-order valence-electron chi connectivity index (χ0n) is 14.9. The number of carbonyl (C=O) groups is 1. The number of sulfonamides is 1. The van der Waals surface area contributed by atoms with E-state index in [-0.39, 0.29) is 29.8 Å². The van der Waals surface area contributed by atoms with Crippen LogP contribution in [-0.2, 0) is 14.8 Å². The maximum atomic E-state index is 12.7. The molecule has 1 fully saturated rings. The van der Waals surface area contributed by atoms with Crippen LogP contribution in [0.15, 0.2) is 59.5 Å². The van der Waals surface area contributed by atoms with Crippen LogP contribution in [0.3, 0.4) is 0 Å². The van der Waals surface area contributed by atoms with Crippen LogP contribution >= 0.6 is 12.4 Å². The molecule has 0 radical (unpaired) electrons. The Labute approximate surface area is 166 Å². The Bertz CT molecular complexity index is 854. The molecule has 6 nitrogen and oxygen atoms in total. The van der Waals surface area contributed by atoms with Crippen molar-refractivity contribution in [3.8, 4) is 0 Å². The average molecular weight is 410 g/mol. The second-order valence-corrected chi connectivity index (χ2v) is 8.20. The number of anilines is 2. The van der Waals surface area contributed by atoms with E-state index in [1.807, 2.05) is 30.3 Å². The Morgan fingerprint density at radius 2 is 1.59 bits per heavy atom. The molecule has 1 aliphatic heterocycles. The summed E-state index contributed by atoms with van der Waals surface area (Å²) in [6, 6.07) is 15.8. The van der Waals surface area contributed by atoms with Gasteiger partial charge in [0, 0.05) is 24.5 Å². The molecular formula is C19H24ClN3O3S. The summed E-state index contributed by atoms with van der Waals surface area (Å²) < 4.78 is 27.0. The molecule has 0 spiro atoms. The summed E-state index contributed by atoms with van der Waals surface area (Å²) in [6.07, 6.45) is 2.85. The molecule has 0 bridgehead atoms. The number of nitrogens with zero attached hydrogens (tertiary/aromatic N) is 1. The monoisotopic (exact) mass is 409 g/mol. The number of hydrogen-bond acceptors (Lipinski definition) is 4. The van der Waals surface area contributed by atoms with E-state index in [1.54, 1.807) is 18.2 Å². The zero-order valence-corrected chi connectivity index (χ0v) is 16.6. The lowest BCUT2D eigenvalue weighted by Gasteiger charge is -2.26. The van der Waals surface area contributed by atoms with Crippen LogP contribution in [0.1, 0.15) is 19.3 Å². The average Bonchev–Trinajstić information content (AvgIpc) is 2.68. The lowest BCUT2D eigenvalue weighted by atomic mass is 10.2. The van der Waals surface area contributed by atoms with Crippen molar-refractivity contribution in [2.75, 3.05) is 30.3 Å². The van der Waals surface area contributed by atoms with Crippen molar-refractivity contribution in [2.24, 2.45) is 0 Å². The largest absolute Gasteiger partial charge is 0.376 e. The van der Waals surface area contributed by atoms with Gasteiger partial charge in [0.2, 0.25) is 15.9 Å². The van der Waals surface area contributed by atoms with Crippen molar-refractivity contribution >= 4 is 39.7 Å². The third-order valence-corrected chi connectivity index (χ3v) is 6.19. The summed E-state index contributed by atoms with van der Waals surface area (Å²) in [4.78, 5) is 12.3. The Hall–Kier alpha value is -2.09. The number of piperidine rings is 1. The third kappa shape index (κ3) is 5.69. The highest BCUT2D eigenvalue weighted by Crippen LogP contribution is 2.22. The summed E-state index contributed by atoms with van der Waals surface area (Å²) in [5.74, 6) is -0.235. The fourth-order valence-electron chi connectivity index (χ4n) is 2.93. The summed E-state index contributed by atoms with van der Waals surface area (Å²) >= 11 is 0. The Balaban J connectivity index is 0.00000261. The number of hydrogen-bond donors (Lipinski definition) is 2. The second-order valence-electron chi connectivity index (χ2n) is 6.26. The molecule has 1 amide bonds. The maximum Gasteiger partial charge on any atom is 0.243 e. The molecule has 27 heavy (non-hydrogen) atoms. The van der Waals surface area contributed by atoms with Crippen LogP contribution in [0.25, 0.3) is 0 Å². The first-order valence-corrected chi connectivity index (χ1v) is 10.2. The Morgan fingerprint density at radius 3 is 2.30 bits per heavy atom. The number of para-hydroxylation sites is 1. The quantitative estimate of drug-likeness (QED) is 0.767.